The molecule has 0 bridgehead atoms. The monoisotopic (exact) mass is 686 g/mol. The summed E-state index contributed by atoms with van der Waals surface area (Å²) in [5.74, 6) is -1.16. The zero-order chi connectivity index (χ0) is 35.2. The van der Waals surface area contributed by atoms with Gasteiger partial charge in [0.05, 0.1) is 31.9 Å². The van der Waals surface area contributed by atoms with Gasteiger partial charge in [0.15, 0.2) is 0 Å². The second-order valence-corrected chi connectivity index (χ2v) is 13.5. The van der Waals surface area contributed by atoms with E-state index in [1.54, 1.807) is 6.07 Å². The normalized spacial score (nSPS) is 23.7. The van der Waals surface area contributed by atoms with E-state index in [0.717, 1.165) is 38.4 Å². The van der Waals surface area contributed by atoms with Gasteiger partial charge in [-0.1, -0.05) is 50.2 Å². The standard InChI is InChI=1S/C37H55FN4O7/c1-27(2)19-30-24-41(37(46)31-11-4-5-12-32(31)38)25-34(47-3)36(45)33(43)26-49-16-7-6-13-42(30)35(44)22-39-21-28-9-8-10-29(20-28)23-40-14-17-48-18-15-40/h4-5,8-12,20,27,30,33-34,36,39,43,45H,6-7,13-19,21-26H2,1-3H3/t30-,33-,34-,36-/m1/s1. The molecule has 0 radical (unpaired) electrons. The van der Waals surface area contributed by atoms with Crippen molar-refractivity contribution in [3.8, 4) is 0 Å². The molecule has 0 saturated carbocycles. The largest absolute Gasteiger partial charge is 0.388 e. The van der Waals surface area contributed by atoms with Gasteiger partial charge in [-0.05, 0) is 48.4 Å². The fourth-order valence-corrected chi connectivity index (χ4v) is 6.50. The summed E-state index contributed by atoms with van der Waals surface area (Å²) >= 11 is 0. The summed E-state index contributed by atoms with van der Waals surface area (Å²) in [5.41, 5.74) is 2.19. The van der Waals surface area contributed by atoms with Crippen LogP contribution in [0.4, 0.5) is 4.39 Å². The minimum atomic E-state index is -1.36. The van der Waals surface area contributed by atoms with Crippen LogP contribution in [0, 0.1) is 11.7 Å². The van der Waals surface area contributed by atoms with Gasteiger partial charge in [0.2, 0.25) is 5.91 Å². The maximum Gasteiger partial charge on any atom is 0.256 e. The second kappa shape index (κ2) is 20.0. The number of benzene rings is 2. The van der Waals surface area contributed by atoms with Gasteiger partial charge in [0, 0.05) is 65.6 Å². The number of amides is 2. The smallest absolute Gasteiger partial charge is 0.256 e. The Labute approximate surface area is 290 Å². The number of hydrogen-bond donors (Lipinski definition) is 3. The van der Waals surface area contributed by atoms with Crippen LogP contribution >= 0.6 is 0 Å². The number of carbonyl (C=O) groups excluding carboxylic acids is 2. The average molecular weight is 687 g/mol. The van der Waals surface area contributed by atoms with Crippen LogP contribution in [0.5, 0.6) is 0 Å². The molecule has 272 valence electrons. The minimum Gasteiger partial charge on any atom is -0.388 e. The molecule has 2 amide bonds. The maximum atomic E-state index is 14.9. The predicted octanol–water partition coefficient (Wildman–Crippen LogP) is 2.68. The van der Waals surface area contributed by atoms with E-state index in [1.165, 1.54) is 35.8 Å². The molecule has 4 rings (SSSR count). The average Bonchev–Trinajstić information content (AvgIpc) is 3.09. The van der Waals surface area contributed by atoms with Crippen LogP contribution in [0.1, 0.15) is 54.6 Å². The van der Waals surface area contributed by atoms with Crippen molar-refractivity contribution in [2.45, 2.75) is 70.6 Å². The van der Waals surface area contributed by atoms with Gasteiger partial charge >= 0.3 is 0 Å². The first kappa shape index (κ1) is 38.8. The third-order valence-corrected chi connectivity index (χ3v) is 9.14. The number of methoxy groups -OCH3 is 1. The zero-order valence-electron chi connectivity index (χ0n) is 29.3. The Balaban J connectivity index is 1.54. The summed E-state index contributed by atoms with van der Waals surface area (Å²) in [7, 11) is 1.39. The maximum absolute atomic E-state index is 14.9. The molecule has 2 aliphatic heterocycles. The van der Waals surface area contributed by atoms with Gasteiger partial charge in [-0.3, -0.25) is 14.5 Å². The fourth-order valence-electron chi connectivity index (χ4n) is 6.50. The van der Waals surface area contributed by atoms with Crippen molar-refractivity contribution in [1.29, 1.82) is 0 Å². The van der Waals surface area contributed by atoms with Gasteiger partial charge in [0.1, 0.15) is 24.1 Å². The molecule has 3 N–H and O–H groups in total. The van der Waals surface area contributed by atoms with Crippen molar-refractivity contribution in [2.75, 3.05) is 72.8 Å². The van der Waals surface area contributed by atoms with Crippen molar-refractivity contribution in [2.24, 2.45) is 5.92 Å². The van der Waals surface area contributed by atoms with Crippen molar-refractivity contribution in [3.05, 3.63) is 71.0 Å². The van der Waals surface area contributed by atoms with E-state index in [4.69, 9.17) is 14.2 Å². The lowest BCUT2D eigenvalue weighted by Crippen LogP contribution is -2.54. The third kappa shape index (κ3) is 12.1. The van der Waals surface area contributed by atoms with Gasteiger partial charge in [-0.2, -0.15) is 0 Å². The third-order valence-electron chi connectivity index (χ3n) is 9.14. The highest BCUT2D eigenvalue weighted by Crippen LogP contribution is 2.20. The molecule has 2 aromatic rings. The van der Waals surface area contributed by atoms with Crippen LogP contribution in [0.3, 0.4) is 0 Å². The van der Waals surface area contributed by atoms with E-state index in [2.05, 4.69) is 36.2 Å². The summed E-state index contributed by atoms with van der Waals surface area (Å²) in [6.45, 7) is 9.57. The molecule has 2 heterocycles. The lowest BCUT2D eigenvalue weighted by Gasteiger charge is -2.39. The molecule has 2 fully saturated rings. The number of ether oxygens (including phenoxy) is 3. The highest BCUT2D eigenvalue weighted by molar-refractivity contribution is 5.94. The molecule has 0 aliphatic carbocycles. The van der Waals surface area contributed by atoms with Gasteiger partial charge in [-0.15, -0.1) is 0 Å². The van der Waals surface area contributed by atoms with E-state index in [1.807, 2.05) is 17.0 Å². The summed E-state index contributed by atoms with van der Waals surface area (Å²) in [4.78, 5) is 33.6. The molecule has 4 atom stereocenters. The van der Waals surface area contributed by atoms with Crippen LogP contribution in [-0.2, 0) is 32.1 Å². The summed E-state index contributed by atoms with van der Waals surface area (Å²) < 4.78 is 31.6. The van der Waals surface area contributed by atoms with E-state index >= 15 is 0 Å². The summed E-state index contributed by atoms with van der Waals surface area (Å²) in [5, 5.41) is 24.9. The number of hydrogen-bond acceptors (Lipinski definition) is 9. The van der Waals surface area contributed by atoms with E-state index in [0.29, 0.717) is 39.0 Å². The van der Waals surface area contributed by atoms with Gasteiger partial charge in [-0.25, -0.2) is 4.39 Å². The predicted molar refractivity (Wildman–Crippen MR) is 184 cm³/mol. The molecule has 49 heavy (non-hydrogen) atoms. The Morgan fingerprint density at radius 2 is 1.73 bits per heavy atom. The van der Waals surface area contributed by atoms with Gasteiger partial charge in [0.25, 0.3) is 5.91 Å². The molecule has 2 aromatic carbocycles. The summed E-state index contributed by atoms with van der Waals surface area (Å²) in [6.07, 6.45) is -1.71. The molecular formula is C37H55FN4O7. The van der Waals surface area contributed by atoms with Crippen LogP contribution in [0.25, 0.3) is 0 Å². The first-order valence-corrected chi connectivity index (χ1v) is 17.5. The molecule has 12 heteroatoms. The molecule has 0 unspecified atom stereocenters. The number of aliphatic hydroxyl groups excluding tert-OH is 2. The SMILES string of the molecule is CO[C@@H]1CN(C(=O)c2ccccc2F)C[C@@H](CC(C)C)N(C(=O)CNCc2cccc(CN3CCOCC3)c2)CCCCOC[C@@H](O)[C@H]1O. The number of nitrogens with zero attached hydrogens (tertiary/aromatic N) is 3. The van der Waals surface area contributed by atoms with Crippen molar-refractivity contribution >= 4 is 11.8 Å². The van der Waals surface area contributed by atoms with Crippen molar-refractivity contribution in [3.63, 3.8) is 0 Å². The molecule has 0 spiro atoms. The van der Waals surface area contributed by atoms with Crippen LogP contribution in [0.15, 0.2) is 48.5 Å². The Hall–Kier alpha value is -2.97. The highest BCUT2D eigenvalue weighted by atomic mass is 19.1. The van der Waals surface area contributed by atoms with Crippen LogP contribution in [0.2, 0.25) is 0 Å². The number of nitrogens with one attached hydrogen (secondary N) is 1. The highest BCUT2D eigenvalue weighted by Gasteiger charge is 2.34. The Morgan fingerprint density at radius 3 is 2.47 bits per heavy atom. The lowest BCUT2D eigenvalue weighted by atomic mass is 9.99. The Bertz CT molecular complexity index is 1310. The number of rotatable bonds is 10. The molecule has 2 aliphatic rings. The van der Waals surface area contributed by atoms with Crippen molar-refractivity contribution in [1.82, 2.24) is 20.0 Å². The van der Waals surface area contributed by atoms with Crippen LogP contribution < -0.4 is 5.32 Å². The van der Waals surface area contributed by atoms with E-state index in [-0.39, 0.29) is 43.6 Å². The van der Waals surface area contributed by atoms with E-state index < -0.39 is 36.1 Å². The first-order valence-electron chi connectivity index (χ1n) is 17.5. The number of carbonyl (C=O) groups is 2. The Kier molecular flexibility index (Phi) is 15.9. The van der Waals surface area contributed by atoms with Crippen molar-refractivity contribution < 1.29 is 38.4 Å². The minimum absolute atomic E-state index is 0.0971. The molecule has 2 saturated heterocycles. The number of halogens is 1. The quantitative estimate of drug-likeness (QED) is 0.346. The second-order valence-electron chi connectivity index (χ2n) is 13.5. The van der Waals surface area contributed by atoms with E-state index in [9.17, 15) is 24.2 Å². The number of aliphatic hydroxyl groups is 2. The van der Waals surface area contributed by atoms with Gasteiger partial charge < -0.3 is 39.5 Å². The topological polar surface area (TPSA) is 124 Å². The lowest BCUT2D eigenvalue weighted by molar-refractivity contribution is -0.134. The first-order chi connectivity index (χ1) is 23.7. The molecular weight excluding hydrogens is 631 g/mol. The van der Waals surface area contributed by atoms with Crippen LogP contribution in [-0.4, -0.2) is 134 Å². The molecule has 11 nitrogen and oxygen atoms in total. The Morgan fingerprint density at radius 1 is 0.980 bits per heavy atom. The zero-order valence-corrected chi connectivity index (χ0v) is 29.3. The number of morpholine rings is 1. The molecule has 0 aromatic heterocycles. The summed E-state index contributed by atoms with van der Waals surface area (Å²) in [6, 6.07) is 13.7. The fraction of sp³-hybridized carbons (Fsp3) is 0.622.